The van der Waals surface area contributed by atoms with Crippen molar-refractivity contribution in [2.45, 2.75) is 38.0 Å². The van der Waals surface area contributed by atoms with Crippen molar-refractivity contribution in [3.63, 3.8) is 0 Å². The minimum absolute atomic E-state index is 0.183. The van der Waals surface area contributed by atoms with Gasteiger partial charge in [-0.3, -0.25) is 0 Å². The number of hydrogen-bond acceptors (Lipinski definition) is 5. The van der Waals surface area contributed by atoms with Crippen LogP contribution < -0.4 is 10.6 Å². The fraction of sp³-hybridized carbons (Fsp3) is 0.400. The van der Waals surface area contributed by atoms with E-state index in [9.17, 15) is 22.0 Å². The number of alkyl halides is 5. The second-order valence-corrected chi connectivity index (χ2v) is 5.97. The first kappa shape index (κ1) is 17.3. The van der Waals surface area contributed by atoms with Crippen molar-refractivity contribution in [1.82, 2.24) is 15.0 Å². The molecule has 1 aliphatic rings. The van der Waals surface area contributed by atoms with E-state index in [0.29, 0.717) is 11.1 Å². The maximum atomic E-state index is 13.1. The third kappa shape index (κ3) is 3.47. The summed E-state index contributed by atoms with van der Waals surface area (Å²) in [6, 6.07) is 2.72. The van der Waals surface area contributed by atoms with E-state index in [1.165, 1.54) is 6.20 Å². The lowest BCUT2D eigenvalue weighted by atomic mass is 9.97. The molecule has 0 fully saturated rings. The number of nitrogens with zero attached hydrogens (tertiary/aromatic N) is 3. The highest BCUT2D eigenvalue weighted by molar-refractivity contribution is 5.55. The van der Waals surface area contributed by atoms with E-state index in [4.69, 9.17) is 0 Å². The van der Waals surface area contributed by atoms with Crippen LogP contribution in [0.1, 0.15) is 30.2 Å². The Morgan fingerprint density at radius 2 is 2.00 bits per heavy atom. The van der Waals surface area contributed by atoms with Gasteiger partial charge in [0.1, 0.15) is 29.2 Å². The SMILES string of the molecule is CC1(C(F)(F)F)Cc2cc(CNc3cc(C(F)F)ncn3)cnc2N1. The molecule has 0 spiro atoms. The Hall–Kier alpha value is -2.52. The minimum atomic E-state index is -4.40. The molecule has 5 nitrogen and oxygen atoms in total. The number of pyridine rings is 1. The molecule has 0 amide bonds. The van der Waals surface area contributed by atoms with Gasteiger partial charge in [-0.2, -0.15) is 13.2 Å². The van der Waals surface area contributed by atoms with Gasteiger partial charge in [-0.15, -0.1) is 0 Å². The Labute approximate surface area is 139 Å². The van der Waals surface area contributed by atoms with Gasteiger partial charge in [0.2, 0.25) is 0 Å². The van der Waals surface area contributed by atoms with Gasteiger partial charge in [0.05, 0.1) is 0 Å². The van der Waals surface area contributed by atoms with E-state index in [1.807, 2.05) is 0 Å². The van der Waals surface area contributed by atoms with Crippen LogP contribution in [0.3, 0.4) is 0 Å². The van der Waals surface area contributed by atoms with Crippen LogP contribution in [0.4, 0.5) is 33.6 Å². The quantitative estimate of drug-likeness (QED) is 0.815. The van der Waals surface area contributed by atoms with Gasteiger partial charge in [-0.1, -0.05) is 0 Å². The maximum Gasteiger partial charge on any atom is 0.411 e. The molecule has 0 radical (unpaired) electrons. The van der Waals surface area contributed by atoms with Crippen molar-refractivity contribution in [3.05, 3.63) is 41.5 Å². The third-order valence-corrected chi connectivity index (χ3v) is 3.97. The second-order valence-electron chi connectivity index (χ2n) is 5.97. The number of hydrogen-bond donors (Lipinski definition) is 2. The molecule has 2 N–H and O–H groups in total. The van der Waals surface area contributed by atoms with Crippen molar-refractivity contribution in [1.29, 1.82) is 0 Å². The van der Waals surface area contributed by atoms with Crippen LogP contribution in [-0.4, -0.2) is 26.7 Å². The molecule has 0 aliphatic carbocycles. The average Bonchev–Trinajstić information content (AvgIpc) is 2.89. The predicted molar refractivity (Wildman–Crippen MR) is 80.3 cm³/mol. The molecule has 0 saturated heterocycles. The zero-order valence-corrected chi connectivity index (χ0v) is 13.0. The van der Waals surface area contributed by atoms with E-state index >= 15 is 0 Å². The summed E-state index contributed by atoms with van der Waals surface area (Å²) in [6.07, 6.45) is -4.90. The van der Waals surface area contributed by atoms with Crippen molar-refractivity contribution in [2.24, 2.45) is 0 Å². The van der Waals surface area contributed by atoms with Gasteiger partial charge in [0, 0.05) is 25.2 Å². The first-order valence-corrected chi connectivity index (χ1v) is 7.35. The van der Waals surface area contributed by atoms with Gasteiger partial charge in [0.15, 0.2) is 0 Å². The number of rotatable bonds is 4. The van der Waals surface area contributed by atoms with Crippen molar-refractivity contribution in [3.8, 4) is 0 Å². The molecule has 1 atom stereocenters. The van der Waals surface area contributed by atoms with Crippen LogP contribution in [0.15, 0.2) is 24.7 Å². The largest absolute Gasteiger partial charge is 0.411 e. The molecule has 3 rings (SSSR count). The standard InChI is InChI=1S/C15H14F5N5/c1-14(15(18,19)20)4-9-2-8(6-22-13(9)25-14)5-21-11-3-10(12(16)17)23-7-24-11/h2-3,6-7,12H,4-5H2,1H3,(H,22,25)(H,21,23,24). The van der Waals surface area contributed by atoms with Gasteiger partial charge < -0.3 is 10.6 Å². The number of fused-ring (bicyclic) bond motifs is 1. The normalized spacial score (nSPS) is 19.6. The molecule has 3 heterocycles. The van der Waals surface area contributed by atoms with Crippen LogP contribution in [-0.2, 0) is 13.0 Å². The third-order valence-electron chi connectivity index (χ3n) is 3.97. The fourth-order valence-corrected chi connectivity index (χ4v) is 2.54. The highest BCUT2D eigenvalue weighted by Gasteiger charge is 2.54. The Bertz CT molecular complexity index is 779. The second kappa shape index (κ2) is 6.08. The van der Waals surface area contributed by atoms with E-state index in [1.54, 1.807) is 6.07 Å². The Morgan fingerprint density at radius 1 is 1.24 bits per heavy atom. The summed E-state index contributed by atoms with van der Waals surface area (Å²) in [5.74, 6) is 0.398. The molecule has 0 aromatic carbocycles. The predicted octanol–water partition coefficient (Wildman–Crippen LogP) is 3.71. The Balaban J connectivity index is 1.71. The van der Waals surface area contributed by atoms with Crippen LogP contribution in [0.2, 0.25) is 0 Å². The van der Waals surface area contributed by atoms with Gasteiger partial charge in [-0.25, -0.2) is 23.7 Å². The lowest BCUT2D eigenvalue weighted by molar-refractivity contribution is -0.171. The minimum Gasteiger partial charge on any atom is -0.366 e. The molecule has 2 aromatic rings. The van der Waals surface area contributed by atoms with Crippen LogP contribution in [0.25, 0.3) is 0 Å². The molecule has 0 bridgehead atoms. The zero-order chi connectivity index (χ0) is 18.2. The average molecular weight is 359 g/mol. The maximum absolute atomic E-state index is 13.1. The highest BCUT2D eigenvalue weighted by Crippen LogP contribution is 2.41. The van der Waals surface area contributed by atoms with Crippen molar-refractivity contribution < 1.29 is 22.0 Å². The monoisotopic (exact) mass is 359 g/mol. The molecule has 134 valence electrons. The van der Waals surface area contributed by atoms with Crippen LogP contribution >= 0.6 is 0 Å². The summed E-state index contributed by atoms with van der Waals surface area (Å²) in [7, 11) is 0. The summed E-state index contributed by atoms with van der Waals surface area (Å²) in [5.41, 5.74) is -1.39. The smallest absolute Gasteiger partial charge is 0.366 e. The Morgan fingerprint density at radius 3 is 2.68 bits per heavy atom. The lowest BCUT2D eigenvalue weighted by Crippen LogP contribution is -2.47. The molecule has 25 heavy (non-hydrogen) atoms. The molecule has 10 heteroatoms. The molecular weight excluding hydrogens is 345 g/mol. The topological polar surface area (TPSA) is 62.7 Å². The fourth-order valence-electron chi connectivity index (χ4n) is 2.54. The van der Waals surface area contributed by atoms with Crippen molar-refractivity contribution in [2.75, 3.05) is 10.6 Å². The molecular formula is C15H14F5N5. The number of halogens is 5. The van der Waals surface area contributed by atoms with E-state index in [-0.39, 0.29) is 24.6 Å². The summed E-state index contributed by atoms with van der Waals surface area (Å²) in [6.45, 7) is 1.27. The lowest BCUT2D eigenvalue weighted by Gasteiger charge is -2.27. The van der Waals surface area contributed by atoms with E-state index < -0.39 is 23.8 Å². The van der Waals surface area contributed by atoms with Gasteiger partial charge in [0.25, 0.3) is 6.43 Å². The van der Waals surface area contributed by atoms with Crippen LogP contribution in [0.5, 0.6) is 0 Å². The van der Waals surface area contributed by atoms with Crippen molar-refractivity contribution >= 4 is 11.6 Å². The Kier molecular flexibility index (Phi) is 4.21. The number of nitrogens with one attached hydrogen (secondary N) is 2. The summed E-state index contributed by atoms with van der Waals surface area (Å²) >= 11 is 0. The number of aromatic nitrogens is 3. The zero-order valence-electron chi connectivity index (χ0n) is 13.0. The summed E-state index contributed by atoms with van der Waals surface area (Å²) < 4.78 is 64.5. The molecule has 0 saturated carbocycles. The molecule has 1 unspecified atom stereocenters. The molecule has 1 aliphatic heterocycles. The highest BCUT2D eigenvalue weighted by atomic mass is 19.4. The number of anilines is 2. The first-order chi connectivity index (χ1) is 11.7. The summed E-state index contributed by atoms with van der Waals surface area (Å²) in [4.78, 5) is 11.3. The first-order valence-electron chi connectivity index (χ1n) is 7.35. The van der Waals surface area contributed by atoms with E-state index in [2.05, 4.69) is 25.6 Å². The van der Waals surface area contributed by atoms with Crippen LogP contribution in [0, 0.1) is 0 Å². The molecule has 2 aromatic heterocycles. The van der Waals surface area contributed by atoms with Gasteiger partial charge >= 0.3 is 6.18 Å². The van der Waals surface area contributed by atoms with E-state index in [0.717, 1.165) is 19.3 Å². The summed E-state index contributed by atoms with van der Waals surface area (Å²) in [5, 5.41) is 5.24. The van der Waals surface area contributed by atoms with Gasteiger partial charge in [-0.05, 0) is 24.1 Å².